The van der Waals surface area contributed by atoms with E-state index in [1.165, 1.54) is 5.56 Å². The zero-order valence-electron chi connectivity index (χ0n) is 17.5. The number of nitrogens with one attached hydrogen (secondary N) is 1. The number of nitrogens with zero attached hydrogens (tertiary/aromatic N) is 4. The molecule has 1 fully saturated rings. The Morgan fingerprint density at radius 1 is 1.21 bits per heavy atom. The van der Waals surface area contributed by atoms with Crippen LogP contribution in [-0.2, 0) is 6.54 Å². The first-order chi connectivity index (χ1) is 13.7. The fourth-order valence-corrected chi connectivity index (χ4v) is 3.50. The second-order valence-corrected chi connectivity index (χ2v) is 7.19. The largest absolute Gasteiger partial charge is 0.497 e. The number of halogens is 1. The number of ether oxygens (including phenoxy) is 1. The Balaban J connectivity index is 0.00000300. The van der Waals surface area contributed by atoms with Gasteiger partial charge in [-0.15, -0.1) is 24.0 Å². The minimum atomic E-state index is 0. The van der Waals surface area contributed by atoms with Crippen LogP contribution in [-0.4, -0.2) is 67.8 Å². The average Bonchev–Trinajstić information content (AvgIpc) is 3.25. The number of aliphatic imine (C=N–C) groups is 1. The summed E-state index contributed by atoms with van der Waals surface area (Å²) in [6, 6.07) is 10.3. The van der Waals surface area contributed by atoms with E-state index in [9.17, 15) is 0 Å². The molecule has 29 heavy (non-hydrogen) atoms. The van der Waals surface area contributed by atoms with Crippen LogP contribution in [0.2, 0.25) is 0 Å². The molecule has 0 spiro atoms. The lowest BCUT2D eigenvalue weighted by Crippen LogP contribution is -2.52. The summed E-state index contributed by atoms with van der Waals surface area (Å²) in [6.07, 6.45) is 2.68. The maximum absolute atomic E-state index is 5.23. The van der Waals surface area contributed by atoms with Gasteiger partial charge in [-0.2, -0.15) is 0 Å². The Hall–Kier alpha value is -1.81. The second-order valence-electron chi connectivity index (χ2n) is 7.19. The number of methoxy groups -OCH3 is 1. The first-order valence-corrected chi connectivity index (χ1v) is 9.90. The van der Waals surface area contributed by atoms with Gasteiger partial charge in [-0.25, -0.2) is 0 Å². The number of hydrogen-bond donors (Lipinski definition) is 1. The summed E-state index contributed by atoms with van der Waals surface area (Å²) >= 11 is 0. The highest BCUT2D eigenvalue weighted by atomic mass is 127. The molecule has 1 atom stereocenters. The minimum Gasteiger partial charge on any atom is -0.497 e. The van der Waals surface area contributed by atoms with Crippen LogP contribution in [0.3, 0.4) is 0 Å². The van der Waals surface area contributed by atoms with E-state index in [0.29, 0.717) is 5.92 Å². The van der Waals surface area contributed by atoms with E-state index < -0.39 is 0 Å². The summed E-state index contributed by atoms with van der Waals surface area (Å²) in [5, 5.41) is 7.53. The van der Waals surface area contributed by atoms with E-state index in [-0.39, 0.29) is 24.0 Å². The van der Waals surface area contributed by atoms with Gasteiger partial charge in [-0.1, -0.05) is 24.2 Å². The van der Waals surface area contributed by atoms with Gasteiger partial charge in [0.15, 0.2) is 5.96 Å². The molecule has 7 nitrogen and oxygen atoms in total. The highest BCUT2D eigenvalue weighted by Gasteiger charge is 2.20. The topological polar surface area (TPSA) is 66.1 Å². The van der Waals surface area contributed by atoms with E-state index in [2.05, 4.69) is 44.3 Å². The van der Waals surface area contributed by atoms with Crippen molar-refractivity contribution in [3.05, 3.63) is 47.9 Å². The van der Waals surface area contributed by atoms with Gasteiger partial charge < -0.3 is 19.5 Å². The van der Waals surface area contributed by atoms with E-state index in [1.807, 2.05) is 25.2 Å². The summed E-state index contributed by atoms with van der Waals surface area (Å²) in [6.45, 7) is 7.92. The Labute approximate surface area is 190 Å². The third kappa shape index (κ3) is 6.88. The lowest BCUT2D eigenvalue weighted by molar-refractivity contribution is 0.169. The molecule has 0 saturated carbocycles. The van der Waals surface area contributed by atoms with Crippen LogP contribution in [0, 0.1) is 0 Å². The monoisotopic (exact) mass is 513 g/mol. The van der Waals surface area contributed by atoms with Gasteiger partial charge in [-0.3, -0.25) is 9.89 Å². The molecule has 1 aromatic carbocycles. The van der Waals surface area contributed by atoms with Gasteiger partial charge in [0.1, 0.15) is 12.0 Å². The highest BCUT2D eigenvalue weighted by molar-refractivity contribution is 14.0. The van der Waals surface area contributed by atoms with Crippen LogP contribution in [0.1, 0.15) is 30.5 Å². The molecule has 2 heterocycles. The van der Waals surface area contributed by atoms with Gasteiger partial charge in [0.25, 0.3) is 0 Å². The standard InChI is InChI=1S/C21H31N5O2.HI/c1-17(18-4-6-20(27-3)7-5-18)8-10-23-21(22-2)26-13-11-25(12-14-26)16-19-9-15-28-24-19;/h4-7,9,15,17H,8,10-14,16H2,1-3H3,(H,22,23);1H. The molecule has 1 aliphatic rings. The first-order valence-electron chi connectivity index (χ1n) is 9.90. The summed E-state index contributed by atoms with van der Waals surface area (Å²) in [5.41, 5.74) is 2.32. The van der Waals surface area contributed by atoms with Crippen LogP contribution in [0.4, 0.5) is 0 Å². The fraction of sp³-hybridized carbons (Fsp3) is 0.524. The van der Waals surface area contributed by atoms with Crippen LogP contribution in [0.5, 0.6) is 5.75 Å². The van der Waals surface area contributed by atoms with Crippen molar-refractivity contribution in [1.82, 2.24) is 20.3 Å². The second kappa shape index (κ2) is 12.0. The van der Waals surface area contributed by atoms with E-state index in [1.54, 1.807) is 13.4 Å². The molecule has 8 heteroatoms. The Bertz CT molecular complexity index is 728. The van der Waals surface area contributed by atoms with Crippen molar-refractivity contribution in [3.8, 4) is 5.75 Å². The van der Waals surface area contributed by atoms with Crippen molar-refractivity contribution in [3.63, 3.8) is 0 Å². The summed E-state index contributed by atoms with van der Waals surface area (Å²) in [5.74, 6) is 2.37. The third-order valence-electron chi connectivity index (χ3n) is 5.31. The molecule has 2 aromatic rings. The SMILES string of the molecule is CN=C(NCCC(C)c1ccc(OC)cc1)N1CCN(Cc2ccon2)CC1.I. The van der Waals surface area contributed by atoms with Crippen molar-refractivity contribution in [2.45, 2.75) is 25.8 Å². The van der Waals surface area contributed by atoms with Gasteiger partial charge in [-0.05, 0) is 30.0 Å². The average molecular weight is 513 g/mol. The Morgan fingerprint density at radius 3 is 2.52 bits per heavy atom. The van der Waals surface area contributed by atoms with E-state index >= 15 is 0 Å². The number of guanidine groups is 1. The smallest absolute Gasteiger partial charge is 0.193 e. The summed E-state index contributed by atoms with van der Waals surface area (Å²) in [7, 11) is 3.55. The number of rotatable bonds is 7. The number of aromatic nitrogens is 1. The fourth-order valence-electron chi connectivity index (χ4n) is 3.50. The maximum Gasteiger partial charge on any atom is 0.193 e. The van der Waals surface area contributed by atoms with Crippen molar-refractivity contribution in [2.75, 3.05) is 46.9 Å². The number of hydrogen-bond acceptors (Lipinski definition) is 5. The van der Waals surface area contributed by atoms with Crippen molar-refractivity contribution in [2.24, 2.45) is 4.99 Å². The van der Waals surface area contributed by atoms with E-state index in [4.69, 9.17) is 9.26 Å². The molecule has 1 aliphatic heterocycles. The van der Waals surface area contributed by atoms with Crippen LogP contribution >= 0.6 is 24.0 Å². The van der Waals surface area contributed by atoms with Gasteiger partial charge >= 0.3 is 0 Å². The molecule has 0 bridgehead atoms. The molecular weight excluding hydrogens is 481 g/mol. The molecule has 0 aliphatic carbocycles. The van der Waals surface area contributed by atoms with Crippen LogP contribution in [0.25, 0.3) is 0 Å². The van der Waals surface area contributed by atoms with E-state index in [0.717, 1.165) is 63.1 Å². The molecule has 0 amide bonds. The third-order valence-corrected chi connectivity index (χ3v) is 5.31. The Kier molecular flexibility index (Phi) is 9.72. The number of piperazine rings is 1. The maximum atomic E-state index is 5.23. The molecular formula is C21H32IN5O2. The number of benzene rings is 1. The van der Waals surface area contributed by atoms with Crippen molar-refractivity contribution < 1.29 is 9.26 Å². The zero-order chi connectivity index (χ0) is 19.8. The van der Waals surface area contributed by atoms with Crippen LogP contribution < -0.4 is 10.1 Å². The normalized spacial score (nSPS) is 16.2. The minimum absolute atomic E-state index is 0. The molecule has 3 rings (SSSR count). The highest BCUT2D eigenvalue weighted by Crippen LogP contribution is 2.21. The molecule has 1 aromatic heterocycles. The molecule has 1 N–H and O–H groups in total. The molecule has 1 unspecified atom stereocenters. The summed E-state index contributed by atoms with van der Waals surface area (Å²) < 4.78 is 10.2. The predicted molar refractivity (Wildman–Crippen MR) is 126 cm³/mol. The molecule has 1 saturated heterocycles. The van der Waals surface area contributed by atoms with Gasteiger partial charge in [0, 0.05) is 52.4 Å². The lowest BCUT2D eigenvalue weighted by atomic mass is 9.98. The molecule has 160 valence electrons. The zero-order valence-corrected chi connectivity index (χ0v) is 19.8. The quantitative estimate of drug-likeness (QED) is 0.349. The Morgan fingerprint density at radius 2 is 1.93 bits per heavy atom. The van der Waals surface area contributed by atoms with Crippen molar-refractivity contribution in [1.29, 1.82) is 0 Å². The predicted octanol–water partition coefficient (Wildman–Crippen LogP) is 3.19. The van der Waals surface area contributed by atoms with Crippen molar-refractivity contribution >= 4 is 29.9 Å². The van der Waals surface area contributed by atoms with Gasteiger partial charge in [0.2, 0.25) is 0 Å². The lowest BCUT2D eigenvalue weighted by Gasteiger charge is -2.36. The summed E-state index contributed by atoms with van der Waals surface area (Å²) in [4.78, 5) is 9.20. The first kappa shape index (κ1) is 23.5. The van der Waals surface area contributed by atoms with Crippen LogP contribution in [0.15, 0.2) is 46.1 Å². The molecule has 0 radical (unpaired) electrons. The van der Waals surface area contributed by atoms with Gasteiger partial charge in [0.05, 0.1) is 12.8 Å².